The zero-order chi connectivity index (χ0) is 22.3. The van der Waals surface area contributed by atoms with Crippen molar-refractivity contribution in [2.75, 3.05) is 37.3 Å². The third kappa shape index (κ3) is 4.52. The minimum atomic E-state index is -4.52. The zero-order valence-corrected chi connectivity index (χ0v) is 17.9. The Bertz CT molecular complexity index is 1170. The number of H-pyrrole nitrogens is 1. The van der Waals surface area contributed by atoms with E-state index in [9.17, 15) is 22.5 Å². The fourth-order valence-electron chi connectivity index (χ4n) is 3.41. The molecule has 4 rings (SSSR count). The van der Waals surface area contributed by atoms with Gasteiger partial charge in [0.2, 0.25) is 5.95 Å². The standard InChI is InChI=1S/C18H18ClF3N6O2S/c1-31(30)27-6-2-5-26(7-8-27)17-23-15-12(16(29)24-17)10-28(25-15)14-4-3-11(9-13(14)19)18(20,21)22/h3-4,9-10H,2,5-8H2,1H3,(H,23,24,25,29). The van der Waals surface area contributed by atoms with E-state index in [2.05, 4.69) is 15.1 Å². The van der Waals surface area contributed by atoms with Crippen molar-refractivity contribution in [3.8, 4) is 5.69 Å². The molecule has 0 radical (unpaired) electrons. The molecule has 0 aliphatic carbocycles. The number of anilines is 1. The lowest BCUT2D eigenvalue weighted by Gasteiger charge is -2.21. The van der Waals surface area contributed by atoms with E-state index >= 15 is 0 Å². The molecule has 31 heavy (non-hydrogen) atoms. The first-order valence-electron chi connectivity index (χ1n) is 9.34. The van der Waals surface area contributed by atoms with Gasteiger partial charge in [-0.3, -0.25) is 9.78 Å². The number of benzene rings is 1. The highest BCUT2D eigenvalue weighted by Crippen LogP contribution is 2.33. The van der Waals surface area contributed by atoms with E-state index in [-0.39, 0.29) is 21.7 Å². The quantitative estimate of drug-likeness (QED) is 0.586. The van der Waals surface area contributed by atoms with Gasteiger partial charge in [-0.2, -0.15) is 18.2 Å². The van der Waals surface area contributed by atoms with Crippen molar-refractivity contribution < 1.29 is 17.7 Å². The number of aromatic nitrogens is 4. The molecule has 166 valence electrons. The minimum Gasteiger partial charge on any atom is -0.598 e. The molecule has 8 nitrogen and oxygen atoms in total. The molecule has 1 aliphatic rings. The molecule has 1 unspecified atom stereocenters. The van der Waals surface area contributed by atoms with Crippen LogP contribution in [0.25, 0.3) is 16.7 Å². The fraction of sp³-hybridized carbons (Fsp3) is 0.389. The van der Waals surface area contributed by atoms with E-state index in [1.165, 1.54) is 16.9 Å². The van der Waals surface area contributed by atoms with Crippen molar-refractivity contribution >= 4 is 39.9 Å². The van der Waals surface area contributed by atoms with Gasteiger partial charge in [0.15, 0.2) is 5.65 Å². The predicted molar refractivity (Wildman–Crippen MR) is 112 cm³/mol. The Morgan fingerprint density at radius 3 is 2.68 bits per heavy atom. The molecule has 1 N–H and O–H groups in total. The van der Waals surface area contributed by atoms with Crippen molar-refractivity contribution in [2.24, 2.45) is 0 Å². The summed E-state index contributed by atoms with van der Waals surface area (Å²) in [4.78, 5) is 21.6. The molecule has 1 saturated heterocycles. The van der Waals surface area contributed by atoms with Gasteiger partial charge in [-0.15, -0.1) is 9.40 Å². The number of alkyl halides is 3. The Kier molecular flexibility index (Phi) is 5.90. The first-order chi connectivity index (χ1) is 14.6. The first kappa shape index (κ1) is 21.9. The SMILES string of the molecule is C[S+]([O-])N1CCCN(c2nc3nn(-c4ccc(C(F)(F)F)cc4Cl)cc3c(=O)[nH]2)CC1. The normalized spacial score (nSPS) is 17.2. The van der Waals surface area contributed by atoms with Gasteiger partial charge in [0.25, 0.3) is 5.56 Å². The van der Waals surface area contributed by atoms with Crippen LogP contribution in [0.15, 0.2) is 29.2 Å². The largest absolute Gasteiger partial charge is 0.598 e. The van der Waals surface area contributed by atoms with E-state index in [0.29, 0.717) is 32.1 Å². The topological polar surface area (TPSA) is 93.1 Å². The lowest BCUT2D eigenvalue weighted by molar-refractivity contribution is -0.137. The number of hydrogen-bond acceptors (Lipinski definition) is 6. The smallest absolute Gasteiger partial charge is 0.416 e. The van der Waals surface area contributed by atoms with Gasteiger partial charge in [-0.1, -0.05) is 11.6 Å². The lowest BCUT2D eigenvalue weighted by atomic mass is 10.2. The molecule has 1 fully saturated rings. The summed E-state index contributed by atoms with van der Waals surface area (Å²) >= 11 is 4.97. The van der Waals surface area contributed by atoms with E-state index in [1.807, 2.05) is 9.21 Å². The number of nitrogens with one attached hydrogen (secondary N) is 1. The van der Waals surface area contributed by atoms with Crippen LogP contribution < -0.4 is 10.5 Å². The molecule has 13 heteroatoms. The number of aromatic amines is 1. The van der Waals surface area contributed by atoms with E-state index in [0.717, 1.165) is 18.6 Å². The summed E-state index contributed by atoms with van der Waals surface area (Å²) in [6.45, 7) is 2.38. The van der Waals surface area contributed by atoms with Crippen molar-refractivity contribution in [1.29, 1.82) is 0 Å². The van der Waals surface area contributed by atoms with Gasteiger partial charge in [0.1, 0.15) is 11.6 Å². The summed E-state index contributed by atoms with van der Waals surface area (Å²) in [6, 6.07) is 2.91. The summed E-state index contributed by atoms with van der Waals surface area (Å²) in [5.41, 5.74) is -0.951. The van der Waals surface area contributed by atoms with Crippen LogP contribution in [-0.4, -0.2) is 61.0 Å². The third-order valence-corrected chi connectivity index (χ3v) is 6.41. The summed E-state index contributed by atoms with van der Waals surface area (Å²) in [7, 11) is 0. The zero-order valence-electron chi connectivity index (χ0n) is 16.3. The van der Waals surface area contributed by atoms with Crippen molar-refractivity contribution in [3.05, 3.63) is 45.3 Å². The number of halogens is 4. The molecular weight excluding hydrogens is 457 g/mol. The molecule has 0 spiro atoms. The molecule has 1 aromatic carbocycles. The van der Waals surface area contributed by atoms with Gasteiger partial charge in [-0.25, -0.2) is 4.68 Å². The highest BCUT2D eigenvalue weighted by molar-refractivity contribution is 7.88. The number of hydrogen-bond donors (Lipinski definition) is 1. The lowest BCUT2D eigenvalue weighted by Crippen LogP contribution is -2.35. The van der Waals surface area contributed by atoms with Crippen LogP contribution in [-0.2, 0) is 17.5 Å². The van der Waals surface area contributed by atoms with Crippen LogP contribution in [0.1, 0.15) is 12.0 Å². The van der Waals surface area contributed by atoms with Crippen molar-refractivity contribution in [1.82, 2.24) is 24.1 Å². The highest BCUT2D eigenvalue weighted by Gasteiger charge is 2.31. The second-order valence-electron chi connectivity index (χ2n) is 7.06. The van der Waals surface area contributed by atoms with Crippen LogP contribution in [0, 0.1) is 0 Å². The van der Waals surface area contributed by atoms with Crippen molar-refractivity contribution in [3.63, 3.8) is 0 Å². The molecular formula is C18H18ClF3N6O2S. The Balaban J connectivity index is 1.66. The van der Waals surface area contributed by atoms with Crippen LogP contribution in [0.3, 0.4) is 0 Å². The van der Waals surface area contributed by atoms with Gasteiger partial charge in [0.05, 0.1) is 22.8 Å². The minimum absolute atomic E-state index is 0.148. The Hall–Kier alpha value is -2.28. The second-order valence-corrected chi connectivity index (χ2v) is 8.83. The van der Waals surface area contributed by atoms with Gasteiger partial charge in [-0.05, 0) is 24.6 Å². The monoisotopic (exact) mass is 474 g/mol. The number of nitrogens with zero attached hydrogens (tertiary/aromatic N) is 5. The first-order valence-corrected chi connectivity index (χ1v) is 11.2. The number of fused-ring (bicyclic) bond motifs is 1. The van der Waals surface area contributed by atoms with Crippen LogP contribution >= 0.6 is 11.6 Å². The Morgan fingerprint density at radius 2 is 2.00 bits per heavy atom. The van der Waals surface area contributed by atoms with Crippen molar-refractivity contribution in [2.45, 2.75) is 12.6 Å². The summed E-state index contributed by atoms with van der Waals surface area (Å²) < 4.78 is 53.4. The molecule has 0 bridgehead atoms. The van der Waals surface area contributed by atoms with Crippen LogP contribution in [0.5, 0.6) is 0 Å². The maximum Gasteiger partial charge on any atom is 0.416 e. The molecule has 3 heterocycles. The maximum absolute atomic E-state index is 12.9. The molecule has 3 aromatic rings. The van der Waals surface area contributed by atoms with E-state index in [1.54, 1.807) is 6.26 Å². The van der Waals surface area contributed by atoms with E-state index in [4.69, 9.17) is 11.6 Å². The summed E-state index contributed by atoms with van der Waals surface area (Å²) in [5, 5.41) is 4.29. The molecule has 1 atom stereocenters. The molecule has 0 saturated carbocycles. The van der Waals surface area contributed by atoms with Crippen LogP contribution in [0.4, 0.5) is 19.1 Å². The third-order valence-electron chi connectivity index (χ3n) is 5.02. The molecule has 0 amide bonds. The molecule has 1 aliphatic heterocycles. The van der Waals surface area contributed by atoms with Crippen LogP contribution in [0.2, 0.25) is 5.02 Å². The summed E-state index contributed by atoms with van der Waals surface area (Å²) in [6.07, 6.45) is -0.765. The average molecular weight is 475 g/mol. The fourth-order valence-corrected chi connectivity index (χ4v) is 4.40. The average Bonchev–Trinajstić information content (AvgIpc) is 2.96. The van der Waals surface area contributed by atoms with Gasteiger partial charge < -0.3 is 9.45 Å². The van der Waals surface area contributed by atoms with E-state index < -0.39 is 28.7 Å². The predicted octanol–water partition coefficient (Wildman–Crippen LogP) is 2.59. The maximum atomic E-state index is 12.9. The highest BCUT2D eigenvalue weighted by atomic mass is 35.5. The Labute approximate surface area is 182 Å². The van der Waals surface area contributed by atoms with Gasteiger partial charge in [0, 0.05) is 37.2 Å². The number of rotatable bonds is 3. The Morgan fingerprint density at radius 1 is 1.23 bits per heavy atom. The second kappa shape index (κ2) is 8.34. The molecule has 2 aromatic heterocycles. The van der Waals surface area contributed by atoms with Gasteiger partial charge >= 0.3 is 6.18 Å². The summed E-state index contributed by atoms with van der Waals surface area (Å²) in [5.74, 6) is 0.338.